The fourth-order valence-corrected chi connectivity index (χ4v) is 3.59. The molecule has 1 saturated carbocycles. The summed E-state index contributed by atoms with van der Waals surface area (Å²) < 4.78 is 5.26. The number of esters is 1. The van der Waals surface area contributed by atoms with Crippen molar-refractivity contribution in [2.45, 2.75) is 50.7 Å². The van der Waals surface area contributed by atoms with Crippen LogP contribution in [0, 0.1) is 22.7 Å². The maximum Gasteiger partial charge on any atom is 0.349 e. The van der Waals surface area contributed by atoms with E-state index >= 15 is 0 Å². The van der Waals surface area contributed by atoms with Gasteiger partial charge in [-0.1, -0.05) is 31.4 Å². The third-order valence-corrected chi connectivity index (χ3v) is 5.55. The average molecular weight is 409 g/mol. The van der Waals surface area contributed by atoms with E-state index in [-0.39, 0.29) is 5.57 Å². The van der Waals surface area contributed by atoms with Gasteiger partial charge in [0.05, 0.1) is 6.07 Å². The predicted octanol–water partition coefficient (Wildman–Crippen LogP) is 3.28. The predicted molar refractivity (Wildman–Crippen MR) is 114 cm³/mol. The number of hydrogen-bond acceptors (Lipinski definition) is 6. The van der Waals surface area contributed by atoms with Crippen LogP contribution in [0.4, 0.5) is 5.69 Å². The van der Waals surface area contributed by atoms with Gasteiger partial charge in [0.25, 0.3) is 5.91 Å². The van der Waals surface area contributed by atoms with Crippen molar-refractivity contribution in [1.29, 1.82) is 10.5 Å². The van der Waals surface area contributed by atoms with Crippen LogP contribution in [0.3, 0.4) is 0 Å². The number of nitriles is 2. The topological polar surface area (TPSA) is 97.4 Å². The van der Waals surface area contributed by atoms with Crippen LogP contribution in [0.25, 0.3) is 6.08 Å². The molecule has 0 bridgehead atoms. The highest BCUT2D eigenvalue weighted by molar-refractivity contribution is 5.99. The number of carbonyl (C=O) groups is 2. The zero-order chi connectivity index (χ0) is 22.3. The quantitative estimate of drug-likeness (QED) is 0.407. The highest BCUT2D eigenvalue weighted by Gasteiger charge is 2.40. The van der Waals surface area contributed by atoms with Gasteiger partial charge < -0.3 is 14.5 Å². The lowest BCUT2D eigenvalue weighted by Gasteiger charge is -2.39. The Hall–Kier alpha value is -3.32. The van der Waals surface area contributed by atoms with Crippen LogP contribution >= 0.6 is 0 Å². The van der Waals surface area contributed by atoms with Gasteiger partial charge in [-0.05, 0) is 43.5 Å². The van der Waals surface area contributed by atoms with Crippen molar-refractivity contribution in [2.75, 3.05) is 26.0 Å². The van der Waals surface area contributed by atoms with Gasteiger partial charge in [-0.3, -0.25) is 4.79 Å². The van der Waals surface area contributed by atoms with Crippen molar-refractivity contribution < 1.29 is 14.3 Å². The minimum absolute atomic E-state index is 0.192. The zero-order valence-electron chi connectivity index (χ0n) is 18.0. The first-order valence-corrected chi connectivity index (χ1v) is 10.0. The molecular weight excluding hydrogens is 380 g/mol. The Bertz CT molecular complexity index is 885. The minimum Gasteiger partial charge on any atom is -0.448 e. The van der Waals surface area contributed by atoms with Crippen molar-refractivity contribution in [1.82, 2.24) is 4.90 Å². The lowest BCUT2D eigenvalue weighted by atomic mass is 9.81. The van der Waals surface area contributed by atoms with E-state index in [0.717, 1.165) is 24.9 Å². The van der Waals surface area contributed by atoms with E-state index in [4.69, 9.17) is 4.74 Å². The molecule has 0 heterocycles. The molecule has 0 spiro atoms. The van der Waals surface area contributed by atoms with Crippen molar-refractivity contribution in [2.24, 2.45) is 0 Å². The Kier molecular flexibility index (Phi) is 7.60. The van der Waals surface area contributed by atoms with Crippen LogP contribution in [0.2, 0.25) is 0 Å². The van der Waals surface area contributed by atoms with Crippen molar-refractivity contribution >= 4 is 23.6 Å². The second-order valence-corrected chi connectivity index (χ2v) is 7.80. The van der Waals surface area contributed by atoms with E-state index in [1.54, 1.807) is 19.2 Å². The monoisotopic (exact) mass is 408 g/mol. The first-order chi connectivity index (χ1) is 14.2. The molecule has 1 aliphatic carbocycles. The summed E-state index contributed by atoms with van der Waals surface area (Å²) in [5.74, 6) is -1.31. The molecular formula is C23H28N4O3. The van der Waals surface area contributed by atoms with Gasteiger partial charge in [0.15, 0.2) is 6.10 Å². The first-order valence-electron chi connectivity index (χ1n) is 10.0. The maximum atomic E-state index is 12.8. The first kappa shape index (κ1) is 23.0. The summed E-state index contributed by atoms with van der Waals surface area (Å²) in [4.78, 5) is 28.6. The molecule has 0 unspecified atom stereocenters. The number of nitrogens with zero attached hydrogens (tertiary/aromatic N) is 4. The van der Waals surface area contributed by atoms with E-state index in [2.05, 4.69) is 6.07 Å². The molecule has 1 amide bonds. The summed E-state index contributed by atoms with van der Waals surface area (Å²) in [5.41, 5.74) is 0.612. The van der Waals surface area contributed by atoms with E-state index in [9.17, 15) is 20.1 Å². The van der Waals surface area contributed by atoms with Crippen LogP contribution < -0.4 is 4.90 Å². The SMILES string of the molecule is C[C@H](OC(=O)/C(C#N)=C/c1ccc(N(C)C)cc1)C(=O)N(C)C1(C#N)CCCCC1. The zero-order valence-corrected chi connectivity index (χ0v) is 18.0. The highest BCUT2D eigenvalue weighted by atomic mass is 16.5. The summed E-state index contributed by atoms with van der Waals surface area (Å²) >= 11 is 0. The second-order valence-electron chi connectivity index (χ2n) is 7.80. The molecule has 1 atom stereocenters. The van der Waals surface area contributed by atoms with Gasteiger partial charge in [0.2, 0.25) is 0 Å². The van der Waals surface area contributed by atoms with E-state index in [1.165, 1.54) is 17.9 Å². The average Bonchev–Trinajstić information content (AvgIpc) is 2.76. The van der Waals surface area contributed by atoms with Gasteiger partial charge in [0, 0.05) is 26.8 Å². The van der Waals surface area contributed by atoms with E-state index < -0.39 is 23.5 Å². The molecule has 0 aromatic heterocycles. The second kappa shape index (κ2) is 9.93. The lowest BCUT2D eigenvalue weighted by molar-refractivity contribution is -0.157. The number of rotatable bonds is 6. The summed E-state index contributed by atoms with van der Waals surface area (Å²) in [6, 6.07) is 11.5. The molecule has 30 heavy (non-hydrogen) atoms. The molecule has 0 saturated heterocycles. The molecule has 0 aliphatic heterocycles. The van der Waals surface area contributed by atoms with E-state index in [0.29, 0.717) is 18.4 Å². The summed E-state index contributed by atoms with van der Waals surface area (Å²) in [7, 11) is 5.42. The van der Waals surface area contributed by atoms with Crippen LogP contribution in [0.1, 0.15) is 44.6 Å². The largest absolute Gasteiger partial charge is 0.448 e. The Balaban J connectivity index is 2.09. The Labute approximate surface area is 178 Å². The van der Waals surface area contributed by atoms with Gasteiger partial charge >= 0.3 is 5.97 Å². The molecule has 0 radical (unpaired) electrons. The van der Waals surface area contributed by atoms with Gasteiger partial charge in [-0.25, -0.2) is 4.79 Å². The van der Waals surface area contributed by atoms with Gasteiger partial charge in [0.1, 0.15) is 17.2 Å². The third-order valence-electron chi connectivity index (χ3n) is 5.55. The van der Waals surface area contributed by atoms with Gasteiger partial charge in [-0.2, -0.15) is 10.5 Å². The number of amides is 1. The number of likely N-dealkylation sites (N-methyl/N-ethyl adjacent to an activating group) is 1. The molecule has 7 heteroatoms. The van der Waals surface area contributed by atoms with Gasteiger partial charge in [-0.15, -0.1) is 0 Å². The minimum atomic E-state index is -1.09. The van der Waals surface area contributed by atoms with E-state index in [1.807, 2.05) is 37.2 Å². The number of benzene rings is 1. The molecule has 158 valence electrons. The standard InChI is InChI=1S/C23H28N4O3/c1-17(21(28)27(4)23(16-25)12-6-5-7-13-23)30-22(29)19(15-24)14-18-8-10-20(11-9-18)26(2)3/h8-11,14,17H,5-7,12-13H2,1-4H3/b19-14+/t17-/m0/s1. The fourth-order valence-electron chi connectivity index (χ4n) is 3.59. The third kappa shape index (κ3) is 5.18. The molecule has 2 rings (SSSR count). The molecule has 1 aromatic carbocycles. The molecule has 1 aromatic rings. The summed E-state index contributed by atoms with van der Waals surface area (Å²) in [6.45, 7) is 1.46. The molecule has 0 N–H and O–H groups in total. The number of ether oxygens (including phenoxy) is 1. The summed E-state index contributed by atoms with van der Waals surface area (Å²) in [5, 5.41) is 19.0. The number of hydrogen-bond donors (Lipinski definition) is 0. The van der Waals surface area contributed by atoms with Crippen LogP contribution in [0.5, 0.6) is 0 Å². The maximum absolute atomic E-state index is 12.8. The van der Waals surface area contributed by atoms with Crippen molar-refractivity contribution in [3.63, 3.8) is 0 Å². The molecule has 1 fully saturated rings. The summed E-state index contributed by atoms with van der Waals surface area (Å²) in [6.07, 6.45) is 4.36. The smallest absolute Gasteiger partial charge is 0.349 e. The fraction of sp³-hybridized carbons (Fsp3) is 0.478. The Morgan fingerprint density at radius 2 is 1.70 bits per heavy atom. The Morgan fingerprint density at radius 1 is 1.10 bits per heavy atom. The Morgan fingerprint density at radius 3 is 2.20 bits per heavy atom. The highest BCUT2D eigenvalue weighted by Crippen LogP contribution is 2.33. The van der Waals surface area contributed by atoms with Crippen molar-refractivity contribution in [3.05, 3.63) is 35.4 Å². The molecule has 7 nitrogen and oxygen atoms in total. The lowest BCUT2D eigenvalue weighted by Crippen LogP contribution is -2.53. The molecule has 1 aliphatic rings. The van der Waals surface area contributed by atoms with Crippen LogP contribution in [0.15, 0.2) is 29.8 Å². The van der Waals surface area contributed by atoms with Crippen molar-refractivity contribution in [3.8, 4) is 12.1 Å². The van der Waals surface area contributed by atoms with Crippen LogP contribution in [-0.2, 0) is 14.3 Å². The van der Waals surface area contributed by atoms with Crippen LogP contribution in [-0.4, -0.2) is 49.6 Å². The normalized spacial score (nSPS) is 16.5. The number of carbonyl (C=O) groups excluding carboxylic acids is 2. The number of anilines is 1.